The molecule has 0 amide bonds. The smallest absolute Gasteiger partial charge is 0.00466 e. The van der Waals surface area contributed by atoms with E-state index < -0.39 is 0 Å². The van der Waals surface area contributed by atoms with Crippen molar-refractivity contribution in [3.8, 4) is 0 Å². The summed E-state index contributed by atoms with van der Waals surface area (Å²) in [4.78, 5) is 0. The van der Waals surface area contributed by atoms with Gasteiger partial charge in [0.1, 0.15) is 0 Å². The van der Waals surface area contributed by atoms with Crippen LogP contribution in [-0.2, 0) is 0 Å². The molecule has 72 valence electrons. The lowest BCUT2D eigenvalue weighted by molar-refractivity contribution is 0.0947. The Morgan fingerprint density at radius 2 is 1.92 bits per heavy atom. The number of nitrogens with two attached hydrogens (primary N) is 1. The zero-order valence-corrected chi connectivity index (χ0v) is 8.93. The summed E-state index contributed by atoms with van der Waals surface area (Å²) in [5.41, 5.74) is 6.54. The topological polar surface area (TPSA) is 26.0 Å². The van der Waals surface area contributed by atoms with Gasteiger partial charge in [-0.3, -0.25) is 0 Å². The first-order chi connectivity index (χ1) is 5.44. The number of hydrogen-bond donors (Lipinski definition) is 1. The second kappa shape index (κ2) is 3.37. The molecule has 2 N–H and O–H groups in total. The lowest BCUT2D eigenvalue weighted by Crippen LogP contribution is -2.40. The third kappa shape index (κ3) is 2.01. The van der Waals surface area contributed by atoms with E-state index in [4.69, 9.17) is 5.73 Å². The van der Waals surface area contributed by atoms with Crippen LogP contribution >= 0.6 is 0 Å². The quantitative estimate of drug-likeness (QED) is 0.642. The molecule has 0 bridgehead atoms. The zero-order chi connectivity index (χ0) is 9.35. The maximum Gasteiger partial charge on any atom is 0.00466 e. The Morgan fingerprint density at radius 3 is 2.33 bits per heavy atom. The Labute approximate surface area is 76.7 Å². The first-order valence-corrected chi connectivity index (χ1v) is 5.19. The molecule has 12 heavy (non-hydrogen) atoms. The summed E-state index contributed by atoms with van der Waals surface area (Å²) in [6.45, 7) is 9.38. The molecule has 1 rings (SSSR count). The van der Waals surface area contributed by atoms with Crippen molar-refractivity contribution in [2.45, 2.75) is 53.0 Å². The lowest BCUT2D eigenvalue weighted by Gasteiger charge is -2.43. The van der Waals surface area contributed by atoms with Gasteiger partial charge in [0.05, 0.1) is 0 Å². The molecule has 0 aromatic carbocycles. The fourth-order valence-corrected chi connectivity index (χ4v) is 2.63. The normalized spacial score (nSPS) is 43.5. The molecule has 0 aromatic rings. The summed E-state index contributed by atoms with van der Waals surface area (Å²) in [6, 6.07) is 0.446. The Morgan fingerprint density at radius 1 is 1.33 bits per heavy atom. The second-order valence-corrected chi connectivity index (χ2v) is 5.32. The highest BCUT2D eigenvalue weighted by atomic mass is 14.7. The molecule has 3 atom stereocenters. The average Bonchev–Trinajstić information content (AvgIpc) is 1.82. The highest BCUT2D eigenvalue weighted by Gasteiger charge is 2.36. The van der Waals surface area contributed by atoms with E-state index in [1.54, 1.807) is 0 Å². The molecule has 0 heterocycles. The molecule has 1 saturated carbocycles. The Kier molecular flexibility index (Phi) is 2.82. The largest absolute Gasteiger partial charge is 0.328 e. The lowest BCUT2D eigenvalue weighted by atomic mass is 9.64. The van der Waals surface area contributed by atoms with Crippen molar-refractivity contribution in [1.82, 2.24) is 0 Å². The van der Waals surface area contributed by atoms with Crippen LogP contribution in [0.2, 0.25) is 0 Å². The maximum absolute atomic E-state index is 6.04. The molecule has 1 fully saturated rings. The van der Waals surface area contributed by atoms with Gasteiger partial charge in [-0.25, -0.2) is 0 Å². The molecule has 1 aliphatic carbocycles. The van der Waals surface area contributed by atoms with Gasteiger partial charge in [0.25, 0.3) is 0 Å². The van der Waals surface area contributed by atoms with Crippen LogP contribution < -0.4 is 5.73 Å². The van der Waals surface area contributed by atoms with E-state index >= 15 is 0 Å². The van der Waals surface area contributed by atoms with Gasteiger partial charge in [0.15, 0.2) is 0 Å². The van der Waals surface area contributed by atoms with Crippen LogP contribution in [0.5, 0.6) is 0 Å². The van der Waals surface area contributed by atoms with Crippen LogP contribution in [0, 0.1) is 17.3 Å². The van der Waals surface area contributed by atoms with Crippen molar-refractivity contribution in [2.24, 2.45) is 23.0 Å². The Balaban J connectivity index is 2.65. The van der Waals surface area contributed by atoms with Crippen LogP contribution in [0.3, 0.4) is 0 Å². The molecule has 1 unspecified atom stereocenters. The van der Waals surface area contributed by atoms with E-state index in [0.29, 0.717) is 11.5 Å². The van der Waals surface area contributed by atoms with E-state index in [1.165, 1.54) is 19.3 Å². The summed E-state index contributed by atoms with van der Waals surface area (Å²) in [5.74, 6) is 1.59. The first-order valence-electron chi connectivity index (χ1n) is 5.19. The maximum atomic E-state index is 6.04. The van der Waals surface area contributed by atoms with Gasteiger partial charge in [-0.2, -0.15) is 0 Å². The Hall–Kier alpha value is -0.0400. The van der Waals surface area contributed by atoms with E-state index in [0.717, 1.165) is 11.8 Å². The summed E-state index contributed by atoms with van der Waals surface area (Å²) in [7, 11) is 0. The standard InChI is InChI=1S/C11H23N/c1-8(2)11(4)6-9(3)5-10(12)7-11/h8-10H,5-7,12H2,1-4H3/t9?,10-,11+/m0/s1. The fourth-order valence-electron chi connectivity index (χ4n) is 2.63. The van der Waals surface area contributed by atoms with Crippen LogP contribution in [-0.4, -0.2) is 6.04 Å². The van der Waals surface area contributed by atoms with E-state index in [2.05, 4.69) is 27.7 Å². The van der Waals surface area contributed by atoms with Crippen LogP contribution in [0.15, 0.2) is 0 Å². The summed E-state index contributed by atoms with van der Waals surface area (Å²) in [6.07, 6.45) is 3.80. The highest BCUT2D eigenvalue weighted by Crippen LogP contribution is 2.43. The molecule has 0 spiro atoms. The molecular weight excluding hydrogens is 146 g/mol. The highest BCUT2D eigenvalue weighted by molar-refractivity contribution is 4.89. The minimum atomic E-state index is 0.446. The van der Waals surface area contributed by atoms with Gasteiger partial charge >= 0.3 is 0 Å². The van der Waals surface area contributed by atoms with Crippen molar-refractivity contribution >= 4 is 0 Å². The second-order valence-electron chi connectivity index (χ2n) is 5.32. The van der Waals surface area contributed by atoms with Gasteiger partial charge < -0.3 is 5.73 Å². The molecule has 1 aliphatic rings. The minimum Gasteiger partial charge on any atom is -0.328 e. The van der Waals surface area contributed by atoms with Crippen LogP contribution in [0.1, 0.15) is 47.0 Å². The predicted octanol–water partition coefficient (Wildman–Crippen LogP) is 2.80. The zero-order valence-electron chi connectivity index (χ0n) is 8.93. The molecular formula is C11H23N. The molecule has 0 saturated heterocycles. The molecule has 0 aliphatic heterocycles. The van der Waals surface area contributed by atoms with Gasteiger partial charge in [-0.15, -0.1) is 0 Å². The third-order valence-corrected chi connectivity index (χ3v) is 3.64. The SMILES string of the molecule is CC1C[C@H](N)C[C@](C)(C(C)C)C1. The fraction of sp³-hybridized carbons (Fsp3) is 1.00. The van der Waals surface area contributed by atoms with Gasteiger partial charge in [-0.05, 0) is 36.5 Å². The average molecular weight is 169 g/mol. The van der Waals surface area contributed by atoms with E-state index in [9.17, 15) is 0 Å². The van der Waals surface area contributed by atoms with Crippen molar-refractivity contribution in [2.75, 3.05) is 0 Å². The van der Waals surface area contributed by atoms with E-state index in [1.807, 2.05) is 0 Å². The van der Waals surface area contributed by atoms with E-state index in [-0.39, 0.29) is 0 Å². The van der Waals surface area contributed by atoms with Crippen LogP contribution in [0.4, 0.5) is 0 Å². The van der Waals surface area contributed by atoms with Crippen molar-refractivity contribution < 1.29 is 0 Å². The monoisotopic (exact) mass is 169 g/mol. The van der Waals surface area contributed by atoms with Gasteiger partial charge in [0.2, 0.25) is 0 Å². The van der Waals surface area contributed by atoms with Crippen molar-refractivity contribution in [1.29, 1.82) is 0 Å². The summed E-state index contributed by atoms with van der Waals surface area (Å²) < 4.78 is 0. The predicted molar refractivity (Wildman–Crippen MR) is 53.9 cm³/mol. The number of rotatable bonds is 1. The van der Waals surface area contributed by atoms with Gasteiger partial charge in [0, 0.05) is 6.04 Å². The Bertz CT molecular complexity index is 141. The summed E-state index contributed by atoms with van der Waals surface area (Å²) in [5, 5.41) is 0. The van der Waals surface area contributed by atoms with Crippen LogP contribution in [0.25, 0.3) is 0 Å². The minimum absolute atomic E-state index is 0.446. The first kappa shape index (κ1) is 10.0. The number of hydrogen-bond acceptors (Lipinski definition) is 1. The van der Waals surface area contributed by atoms with Crippen molar-refractivity contribution in [3.05, 3.63) is 0 Å². The van der Waals surface area contributed by atoms with Crippen molar-refractivity contribution in [3.63, 3.8) is 0 Å². The molecule has 1 heteroatoms. The third-order valence-electron chi connectivity index (χ3n) is 3.64. The molecule has 0 radical (unpaired) electrons. The molecule has 0 aromatic heterocycles. The van der Waals surface area contributed by atoms with Gasteiger partial charge in [-0.1, -0.05) is 27.7 Å². The summed E-state index contributed by atoms with van der Waals surface area (Å²) >= 11 is 0. The molecule has 1 nitrogen and oxygen atoms in total.